The average molecular weight is 493 g/mol. The van der Waals surface area contributed by atoms with Crippen LogP contribution in [-0.4, -0.2) is 42.9 Å². The summed E-state index contributed by atoms with van der Waals surface area (Å²) in [6, 6.07) is 6.51. The van der Waals surface area contributed by atoms with Gasteiger partial charge in [-0.25, -0.2) is 13.2 Å². The fraction of sp³-hybridized carbons (Fsp3) is 0.562. The lowest BCUT2D eigenvalue weighted by molar-refractivity contribution is -0.0722. The summed E-state index contributed by atoms with van der Waals surface area (Å²) in [5.41, 5.74) is -6.74. The number of hydrogen-bond donors (Lipinski definition) is 0. The van der Waals surface area contributed by atoms with E-state index in [1.54, 1.807) is 0 Å². The lowest BCUT2D eigenvalue weighted by atomic mass is 10.1. The number of carbonyl (C=O) groups is 1. The van der Waals surface area contributed by atoms with Gasteiger partial charge in [0.05, 0.1) is 11.8 Å². The van der Waals surface area contributed by atoms with E-state index in [0.29, 0.717) is 24.4 Å². The third-order valence-corrected chi connectivity index (χ3v) is 10.4. The van der Waals surface area contributed by atoms with Crippen molar-refractivity contribution in [3.05, 3.63) is 35.4 Å². The van der Waals surface area contributed by atoms with Gasteiger partial charge in [-0.1, -0.05) is 39.0 Å². The topological polar surface area (TPSA) is 113 Å². The molecule has 0 aliphatic heterocycles. The summed E-state index contributed by atoms with van der Waals surface area (Å²) in [4.78, 5) is 12.8. The van der Waals surface area contributed by atoms with Gasteiger partial charge in [0.25, 0.3) is 18.4 Å². The van der Waals surface area contributed by atoms with Gasteiger partial charge < -0.3 is 4.43 Å². The summed E-state index contributed by atoms with van der Waals surface area (Å²) in [6.07, 6.45) is -2.08. The van der Waals surface area contributed by atoms with Crippen LogP contribution < -0.4 is 0 Å². The Balaban J connectivity index is 3.48. The van der Waals surface area contributed by atoms with Gasteiger partial charge >= 0.3 is 21.6 Å². The highest BCUT2D eigenvalue weighted by Crippen LogP contribution is 2.34. The van der Waals surface area contributed by atoms with Crippen molar-refractivity contribution < 1.29 is 47.6 Å². The molecule has 0 bridgehead atoms. The number of benzene rings is 1. The first-order valence-electron chi connectivity index (χ1n) is 8.81. The third kappa shape index (κ3) is 6.77. The maximum absolute atomic E-state index is 12.8. The predicted octanol–water partition coefficient (Wildman–Crippen LogP) is 3.69. The molecule has 30 heavy (non-hydrogen) atoms. The molecule has 1 rings (SSSR count). The molecule has 0 heterocycles. The monoisotopic (exact) mass is 492 g/mol. The fourth-order valence-electron chi connectivity index (χ4n) is 2.55. The van der Waals surface area contributed by atoms with Gasteiger partial charge in [-0.2, -0.15) is 30.0 Å². The molecule has 0 N–H and O–H groups in total. The van der Waals surface area contributed by atoms with Crippen LogP contribution in [0.5, 0.6) is 0 Å². The maximum atomic E-state index is 12.8. The van der Waals surface area contributed by atoms with E-state index in [1.165, 1.54) is 12.1 Å². The molecule has 1 aromatic carbocycles. The molecular formula is C16H23F3O8S2Si. The molecule has 1 aromatic rings. The normalized spacial score (nSPS) is 14.4. The van der Waals surface area contributed by atoms with Crippen molar-refractivity contribution in [2.75, 3.05) is 6.26 Å². The largest absolute Gasteiger partial charge is 0.523 e. The molecule has 8 nitrogen and oxygen atoms in total. The van der Waals surface area contributed by atoms with Crippen molar-refractivity contribution in [2.24, 2.45) is 0 Å². The third-order valence-electron chi connectivity index (χ3n) is 4.44. The van der Waals surface area contributed by atoms with Crippen LogP contribution in [0.25, 0.3) is 0 Å². The van der Waals surface area contributed by atoms with E-state index in [0.717, 1.165) is 12.1 Å². The lowest BCUT2D eigenvalue weighted by Crippen LogP contribution is -2.38. The summed E-state index contributed by atoms with van der Waals surface area (Å²) in [5, 5.41) is 0. The Hall–Kier alpha value is -1.48. The minimum absolute atomic E-state index is 0.365. The minimum Gasteiger partial charge on any atom is -0.516 e. The molecule has 0 amide bonds. The molecule has 0 radical (unpaired) electrons. The van der Waals surface area contributed by atoms with E-state index < -0.39 is 51.9 Å². The molecule has 0 aromatic heterocycles. The van der Waals surface area contributed by atoms with Crippen molar-refractivity contribution in [3.63, 3.8) is 0 Å². The molecule has 0 aliphatic carbocycles. The van der Waals surface area contributed by atoms with Crippen molar-refractivity contribution in [1.29, 1.82) is 0 Å². The SMILES string of the molecule is CC[Si](CC)(CC)OC(=O)c1ccccc1C(OS(C)(=O)=O)OS(=O)(=O)C(F)(F)F. The van der Waals surface area contributed by atoms with Crippen molar-refractivity contribution in [2.45, 2.75) is 50.7 Å². The zero-order valence-electron chi connectivity index (χ0n) is 16.7. The van der Waals surface area contributed by atoms with Crippen LogP contribution in [0.2, 0.25) is 18.1 Å². The van der Waals surface area contributed by atoms with E-state index in [-0.39, 0.29) is 5.56 Å². The number of rotatable bonds is 10. The second kappa shape index (κ2) is 9.76. The standard InChI is InChI=1S/C16H23F3O8S2Si/c1-5-30(6-2,7-3)27-14(20)12-10-8-9-11-13(12)15(25-28(4,21)22)26-29(23,24)16(17,18)19/h8-11,15H,5-7H2,1-4H3. The Morgan fingerprint density at radius 2 is 1.50 bits per heavy atom. The molecular weight excluding hydrogens is 469 g/mol. The van der Waals surface area contributed by atoms with Gasteiger partial charge in [0.2, 0.25) is 6.29 Å². The smallest absolute Gasteiger partial charge is 0.516 e. The zero-order valence-corrected chi connectivity index (χ0v) is 19.4. The van der Waals surface area contributed by atoms with Gasteiger partial charge in [-0.15, -0.1) is 0 Å². The lowest BCUT2D eigenvalue weighted by Gasteiger charge is -2.28. The van der Waals surface area contributed by atoms with Gasteiger partial charge in [0, 0.05) is 5.56 Å². The Morgan fingerprint density at radius 3 is 1.93 bits per heavy atom. The van der Waals surface area contributed by atoms with E-state index in [1.807, 2.05) is 20.8 Å². The van der Waals surface area contributed by atoms with Crippen LogP contribution in [0.3, 0.4) is 0 Å². The quantitative estimate of drug-likeness (QED) is 0.210. The number of carbonyl (C=O) groups excluding carboxylic acids is 1. The highest BCUT2D eigenvalue weighted by molar-refractivity contribution is 7.87. The molecule has 0 aliphatic rings. The average Bonchev–Trinajstić information content (AvgIpc) is 2.63. The number of alkyl halides is 3. The molecule has 172 valence electrons. The summed E-state index contributed by atoms with van der Waals surface area (Å²) < 4.78 is 98.3. The van der Waals surface area contributed by atoms with Crippen molar-refractivity contribution in [1.82, 2.24) is 0 Å². The van der Waals surface area contributed by atoms with E-state index >= 15 is 0 Å². The Labute approximate surface area is 174 Å². The highest BCUT2D eigenvalue weighted by Gasteiger charge is 2.50. The summed E-state index contributed by atoms with van der Waals surface area (Å²) in [5.74, 6) is -0.932. The molecule has 1 unspecified atom stereocenters. The van der Waals surface area contributed by atoms with Crippen LogP contribution in [0.1, 0.15) is 43.0 Å². The Morgan fingerprint density at radius 1 is 1.00 bits per heavy atom. The fourth-order valence-corrected chi connectivity index (χ4v) is 5.98. The van der Waals surface area contributed by atoms with Crippen LogP contribution in [-0.2, 0) is 33.0 Å². The predicted molar refractivity (Wildman–Crippen MR) is 104 cm³/mol. The van der Waals surface area contributed by atoms with Gasteiger partial charge in [-0.05, 0) is 24.2 Å². The first-order valence-corrected chi connectivity index (χ1v) is 14.6. The van der Waals surface area contributed by atoms with E-state index in [2.05, 4.69) is 8.37 Å². The minimum atomic E-state index is -6.24. The zero-order chi connectivity index (χ0) is 23.4. The summed E-state index contributed by atoms with van der Waals surface area (Å²) in [6.45, 7) is 5.52. The second-order valence-corrected chi connectivity index (χ2v) is 14.2. The Bertz CT molecular complexity index is 949. The molecule has 0 fully saturated rings. The van der Waals surface area contributed by atoms with Crippen molar-refractivity contribution in [3.8, 4) is 0 Å². The first-order chi connectivity index (χ1) is 13.6. The van der Waals surface area contributed by atoms with E-state index in [4.69, 9.17) is 4.43 Å². The summed E-state index contributed by atoms with van der Waals surface area (Å²) in [7, 11) is -13.2. The van der Waals surface area contributed by atoms with E-state index in [9.17, 15) is 34.8 Å². The van der Waals surface area contributed by atoms with Gasteiger partial charge in [-0.3, -0.25) is 0 Å². The van der Waals surface area contributed by atoms with Crippen molar-refractivity contribution >= 4 is 34.5 Å². The summed E-state index contributed by atoms with van der Waals surface area (Å²) >= 11 is 0. The molecule has 0 saturated carbocycles. The van der Waals surface area contributed by atoms with Crippen LogP contribution in [0, 0.1) is 0 Å². The molecule has 14 heteroatoms. The van der Waals surface area contributed by atoms with Crippen LogP contribution in [0.15, 0.2) is 24.3 Å². The van der Waals surface area contributed by atoms with Gasteiger partial charge in [0.1, 0.15) is 0 Å². The van der Waals surface area contributed by atoms with Crippen LogP contribution in [0.4, 0.5) is 13.2 Å². The Kier molecular flexibility index (Phi) is 8.64. The first kappa shape index (κ1) is 26.6. The second-order valence-electron chi connectivity index (χ2n) is 6.35. The van der Waals surface area contributed by atoms with Gasteiger partial charge in [0.15, 0.2) is 0 Å². The maximum Gasteiger partial charge on any atom is 0.523 e. The molecule has 1 atom stereocenters. The highest BCUT2D eigenvalue weighted by atomic mass is 32.2. The molecule has 0 saturated heterocycles. The number of hydrogen-bond acceptors (Lipinski definition) is 8. The number of halogens is 3. The van der Waals surface area contributed by atoms with Crippen LogP contribution >= 0.6 is 0 Å². The molecule has 0 spiro atoms.